The maximum atomic E-state index is 13.9. The second-order valence-electron chi connectivity index (χ2n) is 11.1. The van der Waals surface area contributed by atoms with Gasteiger partial charge in [0.2, 0.25) is 15.9 Å². The monoisotopic (exact) mass is 599 g/mol. The van der Waals surface area contributed by atoms with Gasteiger partial charge in [-0.15, -0.1) is 0 Å². The van der Waals surface area contributed by atoms with E-state index in [0.717, 1.165) is 22.0 Å². The largest absolute Gasteiger partial charge is 0.492 e. The average Bonchev–Trinajstić information content (AvgIpc) is 3.54. The lowest BCUT2D eigenvalue weighted by Gasteiger charge is -2.43. The normalized spacial score (nSPS) is 25.1. The number of hydrogen-bond acceptors (Lipinski definition) is 7. The zero-order valence-electron chi connectivity index (χ0n) is 23.2. The van der Waals surface area contributed by atoms with Crippen molar-refractivity contribution in [1.82, 2.24) is 24.3 Å². The number of sulfonamides is 1. The third kappa shape index (κ3) is 6.40. The number of carbonyl (C=O) groups excluding carboxylic acids is 1. The number of benzene rings is 1. The Hall–Kier alpha value is -2.68. The number of alkyl halides is 3. The number of nitrogens with one attached hydrogen (secondary N) is 1. The van der Waals surface area contributed by atoms with Gasteiger partial charge in [0, 0.05) is 70.0 Å². The second-order valence-corrected chi connectivity index (χ2v) is 13.0. The van der Waals surface area contributed by atoms with E-state index in [1.807, 2.05) is 26.4 Å². The topological polar surface area (TPSA) is 106 Å². The standard InChI is InChI=1S/C27H36F3N5O5S/c1-3-11-39-21-14-22-25(36)32-26(6-9-34(10-7-26)17-19-15-31-33(2)16-19)8-12-40-23-5-4-20(27(28,29)30)13-24(23)41(37,38)35(22)18-21/h4-5,13,15-16,21-22H,3,6-12,14,17-18H2,1-2H3,(H,32,36)/t21-,22+/m1/s1. The zero-order chi connectivity index (χ0) is 29.4. The first-order chi connectivity index (χ1) is 19.4. The Labute approximate surface area is 237 Å². The molecule has 41 heavy (non-hydrogen) atoms. The molecule has 2 aromatic rings. The Balaban J connectivity index is 1.45. The van der Waals surface area contributed by atoms with Gasteiger partial charge >= 0.3 is 6.18 Å². The van der Waals surface area contributed by atoms with Gasteiger partial charge in [0.15, 0.2) is 0 Å². The molecule has 2 saturated heterocycles. The average molecular weight is 600 g/mol. The smallest absolute Gasteiger partial charge is 0.416 e. The third-order valence-electron chi connectivity index (χ3n) is 8.14. The van der Waals surface area contributed by atoms with Crippen LogP contribution in [0.5, 0.6) is 5.75 Å². The fourth-order valence-electron chi connectivity index (χ4n) is 5.90. The van der Waals surface area contributed by atoms with Gasteiger partial charge < -0.3 is 14.8 Å². The summed E-state index contributed by atoms with van der Waals surface area (Å²) in [5.41, 5.74) is -0.677. The van der Waals surface area contributed by atoms with Gasteiger partial charge in [0.25, 0.3) is 0 Å². The number of halogens is 3. The molecule has 3 aliphatic rings. The van der Waals surface area contributed by atoms with Crippen LogP contribution in [-0.2, 0) is 39.3 Å². The molecular formula is C27H36F3N5O5S. The highest BCUT2D eigenvalue weighted by Gasteiger charge is 2.48. The quantitative estimate of drug-likeness (QED) is 0.564. The first kappa shape index (κ1) is 29.8. The van der Waals surface area contributed by atoms with Crippen molar-refractivity contribution in [3.8, 4) is 5.75 Å². The lowest BCUT2D eigenvalue weighted by atomic mass is 9.84. The van der Waals surface area contributed by atoms with Crippen LogP contribution in [0, 0.1) is 0 Å². The van der Waals surface area contributed by atoms with E-state index in [4.69, 9.17) is 9.47 Å². The van der Waals surface area contributed by atoms with Crippen LogP contribution in [0.25, 0.3) is 0 Å². The van der Waals surface area contributed by atoms with E-state index >= 15 is 0 Å². The van der Waals surface area contributed by atoms with Crippen LogP contribution >= 0.6 is 0 Å². The number of hydrogen-bond donors (Lipinski definition) is 1. The van der Waals surface area contributed by atoms with Crippen molar-refractivity contribution in [1.29, 1.82) is 0 Å². The molecule has 3 aliphatic heterocycles. The van der Waals surface area contributed by atoms with E-state index in [1.165, 1.54) is 0 Å². The minimum absolute atomic E-state index is 0.0314. The van der Waals surface area contributed by atoms with E-state index in [2.05, 4.69) is 15.3 Å². The molecule has 2 atom stereocenters. The molecule has 1 aromatic heterocycles. The Kier molecular flexibility index (Phi) is 8.39. The first-order valence-corrected chi connectivity index (χ1v) is 15.3. The molecule has 1 N–H and O–H groups in total. The number of aromatic nitrogens is 2. The summed E-state index contributed by atoms with van der Waals surface area (Å²) in [7, 11) is -2.68. The van der Waals surface area contributed by atoms with Crippen LogP contribution < -0.4 is 10.1 Å². The highest BCUT2D eigenvalue weighted by molar-refractivity contribution is 7.89. The molecule has 0 unspecified atom stereocenters. The molecule has 5 rings (SSSR count). The summed E-state index contributed by atoms with van der Waals surface area (Å²) >= 11 is 0. The summed E-state index contributed by atoms with van der Waals surface area (Å²) in [5.74, 6) is -0.625. The van der Waals surface area contributed by atoms with Crippen molar-refractivity contribution in [3.63, 3.8) is 0 Å². The minimum Gasteiger partial charge on any atom is -0.492 e. The molecule has 4 heterocycles. The zero-order valence-corrected chi connectivity index (χ0v) is 24.0. The molecule has 0 aliphatic carbocycles. The minimum atomic E-state index is -4.75. The number of ether oxygens (including phenoxy) is 2. The summed E-state index contributed by atoms with van der Waals surface area (Å²) in [4.78, 5) is 15.5. The van der Waals surface area contributed by atoms with Gasteiger partial charge in [0.05, 0.1) is 24.5 Å². The Morgan fingerprint density at radius 3 is 2.63 bits per heavy atom. The molecule has 1 spiro atoms. The molecule has 1 amide bonds. The molecule has 2 fully saturated rings. The first-order valence-electron chi connectivity index (χ1n) is 13.9. The highest BCUT2D eigenvalue weighted by Crippen LogP contribution is 2.39. The molecule has 1 aromatic carbocycles. The van der Waals surface area contributed by atoms with Crippen LogP contribution in [0.1, 0.15) is 50.2 Å². The maximum absolute atomic E-state index is 13.9. The van der Waals surface area contributed by atoms with Crippen molar-refractivity contribution in [3.05, 3.63) is 41.7 Å². The number of nitrogens with zero attached hydrogens (tertiary/aromatic N) is 4. The van der Waals surface area contributed by atoms with E-state index in [0.29, 0.717) is 58.0 Å². The van der Waals surface area contributed by atoms with Crippen LogP contribution in [0.2, 0.25) is 0 Å². The summed E-state index contributed by atoms with van der Waals surface area (Å²) in [6, 6.07) is 1.36. The van der Waals surface area contributed by atoms with Gasteiger partial charge in [-0.2, -0.15) is 22.6 Å². The highest BCUT2D eigenvalue weighted by atomic mass is 32.2. The van der Waals surface area contributed by atoms with E-state index in [9.17, 15) is 26.4 Å². The van der Waals surface area contributed by atoms with E-state index < -0.39 is 50.3 Å². The lowest BCUT2D eigenvalue weighted by molar-refractivity contribution is -0.137. The van der Waals surface area contributed by atoms with E-state index in [1.54, 1.807) is 4.68 Å². The number of piperidine rings is 1. The van der Waals surface area contributed by atoms with Crippen molar-refractivity contribution in [2.45, 2.75) is 74.3 Å². The number of carbonyl (C=O) groups is 1. The molecule has 226 valence electrons. The Morgan fingerprint density at radius 2 is 1.98 bits per heavy atom. The van der Waals surface area contributed by atoms with Crippen molar-refractivity contribution in [2.75, 3.05) is 32.8 Å². The van der Waals surface area contributed by atoms with Crippen LogP contribution in [0.15, 0.2) is 35.5 Å². The SMILES string of the molecule is CCCO[C@@H]1C[C@H]2C(=O)NC3(CCOc4ccc(C(F)(F)F)cc4S(=O)(=O)N2C1)CCN(Cc1cnn(C)c1)CC3. The van der Waals surface area contributed by atoms with Crippen LogP contribution in [-0.4, -0.2) is 83.8 Å². The molecular weight excluding hydrogens is 563 g/mol. The number of amides is 1. The van der Waals surface area contributed by atoms with Crippen molar-refractivity contribution in [2.24, 2.45) is 7.05 Å². The summed E-state index contributed by atoms with van der Waals surface area (Å²) in [6.45, 7) is 4.28. The van der Waals surface area contributed by atoms with Gasteiger partial charge in [0.1, 0.15) is 16.7 Å². The number of rotatable bonds is 5. The Bertz CT molecular complexity index is 1360. The van der Waals surface area contributed by atoms with E-state index in [-0.39, 0.29) is 25.3 Å². The lowest BCUT2D eigenvalue weighted by Crippen LogP contribution is -2.59. The van der Waals surface area contributed by atoms with Gasteiger partial charge in [-0.1, -0.05) is 6.92 Å². The summed E-state index contributed by atoms with van der Waals surface area (Å²) < 4.78 is 83.0. The molecule has 10 nitrogen and oxygen atoms in total. The number of fused-ring (bicyclic) bond motifs is 2. The van der Waals surface area contributed by atoms with Crippen molar-refractivity contribution < 1.29 is 35.9 Å². The van der Waals surface area contributed by atoms with Crippen LogP contribution in [0.4, 0.5) is 13.2 Å². The van der Waals surface area contributed by atoms with Crippen molar-refractivity contribution >= 4 is 15.9 Å². The third-order valence-corrected chi connectivity index (χ3v) is 10.0. The Morgan fingerprint density at radius 1 is 1.22 bits per heavy atom. The fourth-order valence-corrected chi connectivity index (χ4v) is 7.69. The fraction of sp³-hybridized carbons (Fsp3) is 0.630. The summed E-state index contributed by atoms with van der Waals surface area (Å²) in [5, 5.41) is 7.38. The van der Waals surface area contributed by atoms with Gasteiger partial charge in [-0.05, 0) is 37.5 Å². The summed E-state index contributed by atoms with van der Waals surface area (Å²) in [6.07, 6.45) is 0.877. The molecule has 0 bridgehead atoms. The number of likely N-dealkylation sites (tertiary alicyclic amines) is 1. The van der Waals surface area contributed by atoms with Gasteiger partial charge in [-0.25, -0.2) is 8.42 Å². The maximum Gasteiger partial charge on any atom is 0.416 e. The number of aryl methyl sites for hydroxylation is 1. The molecule has 0 radical (unpaired) electrons. The molecule has 14 heteroatoms. The predicted molar refractivity (Wildman–Crippen MR) is 142 cm³/mol. The second kappa shape index (κ2) is 11.5. The predicted octanol–water partition coefficient (Wildman–Crippen LogP) is 2.93. The van der Waals surface area contributed by atoms with Gasteiger partial charge in [-0.3, -0.25) is 14.4 Å². The van der Waals surface area contributed by atoms with Crippen LogP contribution in [0.3, 0.4) is 0 Å². The molecule has 0 saturated carbocycles.